The molecule has 1 atom stereocenters. The predicted molar refractivity (Wildman–Crippen MR) is 110 cm³/mol. The molecule has 0 spiro atoms. The molecule has 0 aliphatic carbocycles. The van der Waals surface area contributed by atoms with E-state index in [9.17, 15) is 19.1 Å². The number of rotatable bonds is 9. The van der Waals surface area contributed by atoms with Crippen LogP contribution in [0.5, 0.6) is 0 Å². The molecule has 1 unspecified atom stereocenters. The Morgan fingerprint density at radius 2 is 1.39 bits per heavy atom. The maximum absolute atomic E-state index is 13.3. The van der Waals surface area contributed by atoms with E-state index in [1.54, 1.807) is 36.4 Å². The fourth-order valence-electron chi connectivity index (χ4n) is 3.54. The van der Waals surface area contributed by atoms with Crippen molar-refractivity contribution in [3.8, 4) is 0 Å². The second kappa shape index (κ2) is 9.15. The van der Waals surface area contributed by atoms with Gasteiger partial charge in [-0.2, -0.15) is 0 Å². The average molecular weight is 404 g/mol. The maximum atomic E-state index is 13.3. The van der Waals surface area contributed by atoms with Crippen molar-refractivity contribution in [1.29, 1.82) is 0 Å². The Hall–Kier alpha value is -1.78. The molecule has 6 heteroatoms. The lowest BCUT2D eigenvalue weighted by Gasteiger charge is -2.43. The number of hydrogen-bond acceptors (Lipinski definition) is 3. The Labute approximate surface area is 166 Å². The fraction of sp³-hybridized carbons (Fsp3) is 0.409. The SMILES string of the molecule is CC(C)C(CP(=O)(O)O)(OC(C(=O)c1ccccc1)c1ccccc1)C(C)C. The fourth-order valence-corrected chi connectivity index (χ4v) is 4.99. The summed E-state index contributed by atoms with van der Waals surface area (Å²) in [5.41, 5.74) is -0.00838. The van der Waals surface area contributed by atoms with Gasteiger partial charge in [0.1, 0.15) is 6.10 Å². The second-order valence-electron chi connectivity index (χ2n) is 7.73. The van der Waals surface area contributed by atoms with E-state index in [4.69, 9.17) is 4.74 Å². The minimum Gasteiger partial charge on any atom is -0.358 e. The summed E-state index contributed by atoms with van der Waals surface area (Å²) in [7, 11) is -4.38. The Kier molecular flexibility index (Phi) is 7.35. The Bertz CT molecular complexity index is 803. The molecule has 0 saturated heterocycles. The van der Waals surface area contributed by atoms with Gasteiger partial charge in [0.2, 0.25) is 0 Å². The smallest absolute Gasteiger partial charge is 0.328 e. The Morgan fingerprint density at radius 3 is 1.82 bits per heavy atom. The Morgan fingerprint density at radius 1 is 0.929 bits per heavy atom. The first-order valence-corrected chi connectivity index (χ1v) is 11.2. The molecule has 0 radical (unpaired) electrons. The maximum Gasteiger partial charge on any atom is 0.328 e. The lowest BCUT2D eigenvalue weighted by molar-refractivity contribution is -0.123. The van der Waals surface area contributed by atoms with E-state index in [1.165, 1.54) is 0 Å². The van der Waals surface area contributed by atoms with Crippen LogP contribution in [0.3, 0.4) is 0 Å². The zero-order valence-electron chi connectivity index (χ0n) is 16.8. The van der Waals surface area contributed by atoms with Crippen molar-refractivity contribution in [1.82, 2.24) is 0 Å². The molecule has 5 nitrogen and oxygen atoms in total. The van der Waals surface area contributed by atoms with E-state index in [0.717, 1.165) is 0 Å². The summed E-state index contributed by atoms with van der Waals surface area (Å²) in [6, 6.07) is 17.9. The van der Waals surface area contributed by atoms with Gasteiger partial charge in [0.05, 0.1) is 11.8 Å². The average Bonchev–Trinajstić information content (AvgIpc) is 2.64. The molecule has 2 rings (SSSR count). The quantitative estimate of drug-likeness (QED) is 0.461. The van der Waals surface area contributed by atoms with Gasteiger partial charge in [-0.25, -0.2) is 0 Å². The van der Waals surface area contributed by atoms with Gasteiger partial charge in [0, 0.05) is 5.56 Å². The van der Waals surface area contributed by atoms with E-state index < -0.39 is 25.5 Å². The first-order chi connectivity index (χ1) is 13.1. The number of carbonyl (C=O) groups is 1. The molecule has 0 aliphatic rings. The molecule has 0 saturated carbocycles. The van der Waals surface area contributed by atoms with Crippen LogP contribution in [0.15, 0.2) is 60.7 Å². The summed E-state index contributed by atoms with van der Waals surface area (Å²) < 4.78 is 18.3. The number of carbonyl (C=O) groups excluding carboxylic acids is 1. The number of ketones is 1. The third-order valence-corrected chi connectivity index (χ3v) is 6.05. The second-order valence-corrected chi connectivity index (χ2v) is 9.37. The molecule has 2 N–H and O–H groups in total. The van der Waals surface area contributed by atoms with Crippen molar-refractivity contribution < 1.29 is 23.9 Å². The predicted octanol–water partition coefficient (Wildman–Crippen LogP) is 4.86. The zero-order valence-corrected chi connectivity index (χ0v) is 17.7. The van der Waals surface area contributed by atoms with E-state index in [-0.39, 0.29) is 17.6 Å². The molecule has 0 amide bonds. The highest BCUT2D eigenvalue weighted by atomic mass is 31.2. The molecule has 0 aliphatic heterocycles. The van der Waals surface area contributed by atoms with Gasteiger partial charge in [-0.05, 0) is 17.4 Å². The zero-order chi connectivity index (χ0) is 20.9. The number of Topliss-reactive ketones (excluding diaryl/α,β-unsaturated/α-hetero) is 1. The first kappa shape index (κ1) is 22.5. The highest BCUT2D eigenvalue weighted by molar-refractivity contribution is 7.51. The highest BCUT2D eigenvalue weighted by Gasteiger charge is 2.46. The third kappa shape index (κ3) is 5.39. The van der Waals surface area contributed by atoms with Crippen LogP contribution in [0.25, 0.3) is 0 Å². The van der Waals surface area contributed by atoms with Crippen LogP contribution < -0.4 is 0 Å². The van der Waals surface area contributed by atoms with Crippen LogP contribution in [0.2, 0.25) is 0 Å². The molecule has 0 fully saturated rings. The van der Waals surface area contributed by atoms with Gasteiger partial charge in [-0.3, -0.25) is 9.36 Å². The summed E-state index contributed by atoms with van der Waals surface area (Å²) in [4.78, 5) is 32.8. The van der Waals surface area contributed by atoms with Crippen molar-refractivity contribution >= 4 is 13.4 Å². The summed E-state index contributed by atoms with van der Waals surface area (Å²) >= 11 is 0. The number of benzene rings is 2. The van der Waals surface area contributed by atoms with Gasteiger partial charge in [-0.1, -0.05) is 88.4 Å². The molecular formula is C22H29O5P. The van der Waals surface area contributed by atoms with Gasteiger partial charge < -0.3 is 14.5 Å². The highest BCUT2D eigenvalue weighted by Crippen LogP contribution is 2.48. The normalized spacial score (nSPS) is 13.7. The third-order valence-electron chi connectivity index (χ3n) is 5.14. The van der Waals surface area contributed by atoms with E-state index >= 15 is 0 Å². The molecule has 2 aromatic rings. The lowest BCUT2D eigenvalue weighted by Crippen LogP contribution is -2.48. The largest absolute Gasteiger partial charge is 0.358 e. The topological polar surface area (TPSA) is 83.8 Å². The van der Waals surface area contributed by atoms with Crippen LogP contribution >= 0.6 is 7.60 Å². The minimum atomic E-state index is -4.38. The van der Waals surface area contributed by atoms with Gasteiger partial charge >= 0.3 is 7.60 Å². The van der Waals surface area contributed by atoms with E-state index in [2.05, 4.69) is 0 Å². The van der Waals surface area contributed by atoms with E-state index in [0.29, 0.717) is 11.1 Å². The number of ether oxygens (including phenoxy) is 1. The van der Waals surface area contributed by atoms with Crippen LogP contribution in [0, 0.1) is 11.8 Å². The molecular weight excluding hydrogens is 375 g/mol. The molecule has 152 valence electrons. The van der Waals surface area contributed by atoms with Gasteiger partial charge in [0.15, 0.2) is 5.78 Å². The van der Waals surface area contributed by atoms with Gasteiger partial charge in [-0.15, -0.1) is 0 Å². The summed E-state index contributed by atoms with van der Waals surface area (Å²) in [5.74, 6) is -0.659. The molecule has 0 aromatic heterocycles. The van der Waals surface area contributed by atoms with Crippen molar-refractivity contribution in [2.75, 3.05) is 6.16 Å². The van der Waals surface area contributed by atoms with Gasteiger partial charge in [0.25, 0.3) is 0 Å². The van der Waals surface area contributed by atoms with Crippen LogP contribution in [-0.4, -0.2) is 27.3 Å². The molecule has 0 heterocycles. The monoisotopic (exact) mass is 404 g/mol. The summed E-state index contributed by atoms with van der Waals surface area (Å²) in [6.45, 7) is 7.46. The van der Waals surface area contributed by atoms with Crippen LogP contribution in [-0.2, 0) is 9.30 Å². The minimum absolute atomic E-state index is 0.213. The van der Waals surface area contributed by atoms with Crippen LogP contribution in [0.4, 0.5) is 0 Å². The molecule has 0 bridgehead atoms. The van der Waals surface area contributed by atoms with Crippen LogP contribution in [0.1, 0.15) is 49.7 Å². The van der Waals surface area contributed by atoms with Crippen molar-refractivity contribution in [2.45, 2.75) is 39.4 Å². The van der Waals surface area contributed by atoms with Crippen molar-refractivity contribution in [3.63, 3.8) is 0 Å². The molecule has 28 heavy (non-hydrogen) atoms. The first-order valence-electron chi connectivity index (χ1n) is 9.43. The van der Waals surface area contributed by atoms with E-state index in [1.807, 2.05) is 52.0 Å². The summed E-state index contributed by atoms with van der Waals surface area (Å²) in [5, 5.41) is 0. The lowest BCUT2D eigenvalue weighted by atomic mass is 9.81. The van der Waals surface area contributed by atoms with Crippen molar-refractivity contribution in [2.24, 2.45) is 11.8 Å². The van der Waals surface area contributed by atoms with Crippen molar-refractivity contribution in [3.05, 3.63) is 71.8 Å². The summed E-state index contributed by atoms with van der Waals surface area (Å²) in [6.07, 6.45) is -1.40. The molecule has 2 aromatic carbocycles. The standard InChI is InChI=1S/C22H29O5P/c1-16(2)22(17(3)4,15-28(24,25)26)27-21(19-13-9-6-10-14-19)20(23)18-11-7-5-8-12-18/h5-14,16-17,21H,15H2,1-4H3,(H2,24,25,26). The Balaban J connectivity index is 2.55. The number of hydrogen-bond donors (Lipinski definition) is 2.